The van der Waals surface area contributed by atoms with Gasteiger partial charge in [-0.15, -0.1) is 0 Å². The third kappa shape index (κ3) is 1.48. The summed E-state index contributed by atoms with van der Waals surface area (Å²) in [7, 11) is 0. The van der Waals surface area contributed by atoms with Gasteiger partial charge in [-0.2, -0.15) is 0 Å². The van der Waals surface area contributed by atoms with Gasteiger partial charge in [0.2, 0.25) is 0 Å². The summed E-state index contributed by atoms with van der Waals surface area (Å²) < 4.78 is 13.6. The van der Waals surface area contributed by atoms with Gasteiger partial charge >= 0.3 is 0 Å². The number of carbonyl (C=O) groups excluding carboxylic acids is 1. The smallest absolute Gasteiger partial charge is 0.162 e. The maximum Gasteiger partial charge on any atom is 0.162 e. The van der Waals surface area contributed by atoms with Gasteiger partial charge in [0, 0.05) is 4.47 Å². The maximum absolute atomic E-state index is 13.1. The van der Waals surface area contributed by atoms with E-state index in [4.69, 9.17) is 5.73 Å². The van der Waals surface area contributed by atoms with Crippen LogP contribution in [0.4, 0.5) is 10.1 Å². The lowest BCUT2D eigenvalue weighted by molar-refractivity contribution is 0.101. The highest BCUT2D eigenvalue weighted by Crippen LogP contribution is 2.24. The van der Waals surface area contributed by atoms with Crippen LogP contribution in [0.15, 0.2) is 16.6 Å². The Hall–Kier alpha value is -0.900. The molecule has 0 spiro atoms. The number of halogens is 2. The van der Waals surface area contributed by atoms with E-state index in [1.54, 1.807) is 6.07 Å². The summed E-state index contributed by atoms with van der Waals surface area (Å²) in [5.74, 6) is -0.983. The van der Waals surface area contributed by atoms with E-state index in [9.17, 15) is 9.18 Å². The quantitative estimate of drug-likeness (QED) is 0.596. The molecule has 0 aliphatic carbocycles. The Morgan fingerprint density at radius 1 is 1.58 bits per heavy atom. The zero-order valence-electron chi connectivity index (χ0n) is 6.40. The molecule has 2 N–H and O–H groups in total. The molecule has 64 valence electrons. The van der Waals surface area contributed by atoms with Gasteiger partial charge in [-0.25, -0.2) is 4.39 Å². The summed E-state index contributed by atoms with van der Waals surface area (Å²) in [5.41, 5.74) is 5.34. The number of hydrogen-bond donors (Lipinski definition) is 1. The van der Waals surface area contributed by atoms with Crippen molar-refractivity contribution in [3.8, 4) is 0 Å². The number of carbonyl (C=O) groups is 1. The number of benzene rings is 1. The molecule has 0 saturated heterocycles. The van der Waals surface area contributed by atoms with Crippen molar-refractivity contribution in [1.82, 2.24) is 0 Å². The number of ketones is 1. The Labute approximate surface area is 77.7 Å². The summed E-state index contributed by atoms with van der Waals surface area (Å²) in [4.78, 5) is 10.8. The summed E-state index contributed by atoms with van der Waals surface area (Å²) in [6, 6.07) is 2.95. The van der Waals surface area contributed by atoms with Gasteiger partial charge in [0.1, 0.15) is 0 Å². The zero-order valence-corrected chi connectivity index (χ0v) is 7.98. The van der Waals surface area contributed by atoms with Crippen LogP contribution in [-0.2, 0) is 0 Å². The molecule has 0 saturated carbocycles. The van der Waals surface area contributed by atoms with Crippen molar-refractivity contribution in [2.24, 2.45) is 0 Å². The van der Waals surface area contributed by atoms with Gasteiger partial charge in [0.15, 0.2) is 11.6 Å². The molecular formula is C8H7BrFNO. The van der Waals surface area contributed by atoms with Crippen LogP contribution < -0.4 is 5.73 Å². The summed E-state index contributed by atoms with van der Waals surface area (Å²) >= 11 is 3.05. The van der Waals surface area contributed by atoms with Crippen molar-refractivity contribution in [3.05, 3.63) is 28.0 Å². The molecule has 0 amide bonds. The molecule has 0 heterocycles. The molecule has 2 nitrogen and oxygen atoms in total. The van der Waals surface area contributed by atoms with E-state index in [2.05, 4.69) is 15.9 Å². The fourth-order valence-electron chi connectivity index (χ4n) is 0.841. The van der Waals surface area contributed by atoms with Crippen molar-refractivity contribution < 1.29 is 9.18 Å². The van der Waals surface area contributed by atoms with Crippen molar-refractivity contribution >= 4 is 27.4 Å². The molecule has 0 aliphatic rings. The number of Topliss-reactive ketones (excluding diaryl/α,β-unsaturated/α-hetero) is 1. The second kappa shape index (κ2) is 3.23. The highest BCUT2D eigenvalue weighted by molar-refractivity contribution is 9.10. The third-order valence-corrected chi connectivity index (χ3v) is 2.20. The van der Waals surface area contributed by atoms with E-state index in [0.717, 1.165) is 0 Å². The number of hydrogen-bond acceptors (Lipinski definition) is 2. The van der Waals surface area contributed by atoms with Crippen molar-refractivity contribution in [2.45, 2.75) is 6.92 Å². The van der Waals surface area contributed by atoms with Crippen LogP contribution in [0.25, 0.3) is 0 Å². The molecule has 0 bridgehead atoms. The van der Waals surface area contributed by atoms with Crippen LogP contribution in [0, 0.1) is 5.82 Å². The van der Waals surface area contributed by atoms with Gasteiger partial charge < -0.3 is 5.73 Å². The van der Waals surface area contributed by atoms with E-state index in [0.29, 0.717) is 4.47 Å². The highest BCUT2D eigenvalue weighted by Gasteiger charge is 2.11. The average Bonchev–Trinajstić information content (AvgIpc) is 2.00. The molecule has 0 unspecified atom stereocenters. The van der Waals surface area contributed by atoms with Crippen molar-refractivity contribution in [1.29, 1.82) is 0 Å². The van der Waals surface area contributed by atoms with Gasteiger partial charge in [0.25, 0.3) is 0 Å². The second-order valence-corrected chi connectivity index (χ2v) is 3.23. The minimum absolute atomic E-state index is 0.0238. The Morgan fingerprint density at radius 3 is 2.67 bits per heavy atom. The van der Waals surface area contributed by atoms with Crippen LogP contribution in [-0.4, -0.2) is 5.78 Å². The first-order valence-electron chi connectivity index (χ1n) is 3.28. The third-order valence-electron chi connectivity index (χ3n) is 1.51. The lowest BCUT2D eigenvalue weighted by atomic mass is 10.1. The molecule has 0 atom stereocenters. The van der Waals surface area contributed by atoms with Crippen LogP contribution in [0.1, 0.15) is 17.3 Å². The molecule has 4 heteroatoms. The number of anilines is 1. The van der Waals surface area contributed by atoms with Crippen LogP contribution in [0.2, 0.25) is 0 Å². The second-order valence-electron chi connectivity index (χ2n) is 2.38. The Balaban J connectivity index is 3.36. The van der Waals surface area contributed by atoms with Crippen molar-refractivity contribution in [2.75, 3.05) is 5.73 Å². The van der Waals surface area contributed by atoms with E-state index < -0.39 is 5.82 Å². The first kappa shape index (κ1) is 9.19. The topological polar surface area (TPSA) is 43.1 Å². The van der Waals surface area contributed by atoms with Crippen LogP contribution in [0.5, 0.6) is 0 Å². The molecule has 12 heavy (non-hydrogen) atoms. The van der Waals surface area contributed by atoms with Gasteiger partial charge in [-0.3, -0.25) is 4.79 Å². The highest BCUT2D eigenvalue weighted by atomic mass is 79.9. The molecule has 0 fully saturated rings. The minimum Gasteiger partial charge on any atom is -0.395 e. The van der Waals surface area contributed by atoms with Gasteiger partial charge in [-0.1, -0.05) is 0 Å². The fourth-order valence-corrected chi connectivity index (χ4v) is 1.15. The summed E-state index contributed by atoms with van der Waals surface area (Å²) in [5, 5.41) is 0. The molecule has 0 aromatic heterocycles. The fraction of sp³-hybridized carbons (Fsp3) is 0.125. The Bertz CT molecular complexity index is 338. The molecule has 1 aromatic rings. The molecule has 0 aliphatic heterocycles. The zero-order chi connectivity index (χ0) is 9.30. The lowest BCUT2D eigenvalue weighted by Gasteiger charge is -2.03. The molecule has 1 aromatic carbocycles. The Kier molecular flexibility index (Phi) is 2.47. The summed E-state index contributed by atoms with van der Waals surface area (Å²) in [6.45, 7) is 1.30. The predicted molar refractivity (Wildman–Crippen MR) is 48.5 cm³/mol. The minimum atomic E-state index is -0.656. The van der Waals surface area contributed by atoms with E-state index >= 15 is 0 Å². The average molecular weight is 232 g/mol. The van der Waals surface area contributed by atoms with E-state index in [-0.39, 0.29) is 17.0 Å². The monoisotopic (exact) mass is 231 g/mol. The lowest BCUT2D eigenvalue weighted by Crippen LogP contribution is -2.01. The maximum atomic E-state index is 13.1. The van der Waals surface area contributed by atoms with Gasteiger partial charge in [0.05, 0.1) is 11.3 Å². The molecular weight excluding hydrogens is 225 g/mol. The SMILES string of the molecule is CC(=O)c1ccc(Br)c(N)c1F. The number of rotatable bonds is 1. The van der Waals surface area contributed by atoms with E-state index in [1.165, 1.54) is 13.0 Å². The Morgan fingerprint density at radius 2 is 2.17 bits per heavy atom. The number of nitrogens with two attached hydrogens (primary N) is 1. The van der Waals surface area contributed by atoms with Gasteiger partial charge in [-0.05, 0) is 35.0 Å². The largest absolute Gasteiger partial charge is 0.395 e. The molecule has 0 radical (unpaired) electrons. The first-order chi connectivity index (χ1) is 5.54. The molecule has 1 rings (SSSR count). The normalized spacial score (nSPS) is 9.92. The standard InChI is InChI=1S/C8H7BrFNO/c1-4(12)5-2-3-6(9)8(11)7(5)10/h2-3H,11H2,1H3. The van der Waals surface area contributed by atoms with Crippen LogP contribution >= 0.6 is 15.9 Å². The summed E-state index contributed by atoms with van der Waals surface area (Å²) in [6.07, 6.45) is 0. The predicted octanol–water partition coefficient (Wildman–Crippen LogP) is 2.37. The van der Waals surface area contributed by atoms with Crippen molar-refractivity contribution in [3.63, 3.8) is 0 Å². The first-order valence-corrected chi connectivity index (χ1v) is 4.07. The van der Waals surface area contributed by atoms with Crippen LogP contribution in [0.3, 0.4) is 0 Å². The van der Waals surface area contributed by atoms with E-state index in [1.807, 2.05) is 0 Å². The number of nitrogen functional groups attached to an aromatic ring is 1.